The molecule has 2 nitrogen and oxygen atoms in total. The van der Waals surface area contributed by atoms with Crippen molar-refractivity contribution in [3.8, 4) is 0 Å². The Morgan fingerprint density at radius 2 is 0.526 bits per heavy atom. The Bertz CT molecular complexity index is 1470. The first-order valence-electron chi connectivity index (χ1n) is 13.5. The van der Waals surface area contributed by atoms with Crippen LogP contribution < -0.4 is 9.80 Å². The Labute approximate surface area is 225 Å². The van der Waals surface area contributed by atoms with E-state index in [4.69, 9.17) is 0 Å². The van der Waals surface area contributed by atoms with Crippen LogP contribution in [0.5, 0.6) is 0 Å². The lowest BCUT2D eigenvalue weighted by Crippen LogP contribution is -2.33. The van der Waals surface area contributed by atoms with E-state index < -0.39 is 0 Å². The lowest BCUT2D eigenvalue weighted by Gasteiger charge is -2.45. The van der Waals surface area contributed by atoms with Crippen LogP contribution in [0.2, 0.25) is 0 Å². The number of hydrogen-bond donors (Lipinski definition) is 0. The lowest BCUT2D eigenvalue weighted by atomic mass is 9.73. The van der Waals surface area contributed by atoms with Crippen molar-refractivity contribution in [3.05, 3.63) is 144 Å². The molecular formula is C36H32N2. The van der Waals surface area contributed by atoms with Gasteiger partial charge in [-0.25, -0.2) is 0 Å². The molecule has 0 N–H and O–H groups in total. The average Bonchev–Trinajstić information content (AvgIpc) is 2.94. The molecule has 2 heteroatoms. The zero-order chi connectivity index (χ0) is 26.1. The topological polar surface area (TPSA) is 6.48 Å². The first-order valence-corrected chi connectivity index (χ1v) is 13.5. The largest absolute Gasteiger partial charge is 0.308 e. The Hall–Kier alpha value is -4.30. The highest BCUT2D eigenvalue weighted by atomic mass is 15.2. The van der Waals surface area contributed by atoms with E-state index >= 15 is 0 Å². The van der Waals surface area contributed by atoms with Gasteiger partial charge in [0, 0.05) is 10.8 Å². The third-order valence-corrected chi connectivity index (χ3v) is 8.64. The van der Waals surface area contributed by atoms with Gasteiger partial charge in [0.1, 0.15) is 0 Å². The van der Waals surface area contributed by atoms with Crippen molar-refractivity contribution in [2.45, 2.75) is 38.5 Å². The molecule has 38 heavy (non-hydrogen) atoms. The minimum absolute atomic E-state index is 0.0903. The van der Waals surface area contributed by atoms with Crippen LogP contribution in [-0.2, 0) is 10.8 Å². The minimum atomic E-state index is -0.0903. The van der Waals surface area contributed by atoms with Crippen molar-refractivity contribution in [2.75, 3.05) is 9.80 Å². The first-order chi connectivity index (χ1) is 18.4. The van der Waals surface area contributed by atoms with Gasteiger partial charge < -0.3 is 9.80 Å². The highest BCUT2D eigenvalue weighted by Gasteiger charge is 2.40. The van der Waals surface area contributed by atoms with Crippen molar-refractivity contribution >= 4 is 34.1 Å². The summed E-state index contributed by atoms with van der Waals surface area (Å²) in [5.74, 6) is 0. The van der Waals surface area contributed by atoms with Crippen molar-refractivity contribution in [1.82, 2.24) is 0 Å². The predicted molar refractivity (Wildman–Crippen MR) is 160 cm³/mol. The number of rotatable bonds is 2. The molecule has 5 aromatic rings. The van der Waals surface area contributed by atoms with Gasteiger partial charge in [0.25, 0.3) is 0 Å². The number of para-hydroxylation sites is 6. The quantitative estimate of drug-likeness (QED) is 0.242. The normalized spacial score (nSPS) is 16.2. The van der Waals surface area contributed by atoms with E-state index in [1.807, 2.05) is 0 Å². The van der Waals surface area contributed by atoms with E-state index in [0.717, 1.165) is 0 Å². The Morgan fingerprint density at radius 1 is 0.316 bits per heavy atom. The van der Waals surface area contributed by atoms with E-state index in [1.165, 1.54) is 56.4 Å². The van der Waals surface area contributed by atoms with Crippen LogP contribution in [0.1, 0.15) is 49.9 Å². The SMILES string of the molecule is CC1(C)c2ccccc2N(c2ccccc2N2c3ccccc3C(C)(C)c3ccccc32)c2ccccc21. The third-order valence-electron chi connectivity index (χ3n) is 8.64. The molecule has 2 heterocycles. The molecule has 0 fully saturated rings. The monoisotopic (exact) mass is 492 g/mol. The molecule has 0 atom stereocenters. The molecule has 0 amide bonds. The zero-order valence-corrected chi connectivity index (χ0v) is 22.4. The summed E-state index contributed by atoms with van der Waals surface area (Å²) in [6.07, 6.45) is 0. The maximum absolute atomic E-state index is 2.47. The van der Waals surface area contributed by atoms with Crippen molar-refractivity contribution < 1.29 is 0 Å². The average molecular weight is 493 g/mol. The number of hydrogen-bond acceptors (Lipinski definition) is 2. The molecule has 0 saturated heterocycles. The third kappa shape index (κ3) is 3.07. The maximum Gasteiger partial charge on any atom is 0.0702 e. The Balaban J connectivity index is 1.53. The van der Waals surface area contributed by atoms with Crippen LogP contribution in [0.25, 0.3) is 0 Å². The summed E-state index contributed by atoms with van der Waals surface area (Å²) < 4.78 is 0. The van der Waals surface area contributed by atoms with Gasteiger partial charge in [-0.3, -0.25) is 0 Å². The number of benzene rings is 5. The molecule has 0 unspecified atom stereocenters. The molecule has 0 aliphatic carbocycles. The van der Waals surface area contributed by atoms with E-state index in [0.29, 0.717) is 0 Å². The van der Waals surface area contributed by atoms with Gasteiger partial charge in [-0.1, -0.05) is 113 Å². The Kier molecular flexibility index (Phi) is 4.87. The van der Waals surface area contributed by atoms with Crippen molar-refractivity contribution in [3.63, 3.8) is 0 Å². The van der Waals surface area contributed by atoms with Gasteiger partial charge in [0.2, 0.25) is 0 Å². The van der Waals surface area contributed by atoms with Crippen LogP contribution >= 0.6 is 0 Å². The molecule has 5 aromatic carbocycles. The van der Waals surface area contributed by atoms with Crippen LogP contribution in [0.3, 0.4) is 0 Å². The second-order valence-electron chi connectivity index (χ2n) is 11.5. The molecule has 7 rings (SSSR count). The van der Waals surface area contributed by atoms with Gasteiger partial charge in [0.05, 0.1) is 34.1 Å². The maximum atomic E-state index is 2.47. The van der Waals surface area contributed by atoms with Crippen molar-refractivity contribution in [1.29, 1.82) is 0 Å². The molecule has 2 aliphatic rings. The minimum Gasteiger partial charge on any atom is -0.308 e. The molecule has 186 valence electrons. The predicted octanol–water partition coefficient (Wildman–Crippen LogP) is 9.90. The lowest BCUT2D eigenvalue weighted by molar-refractivity contribution is 0.630. The van der Waals surface area contributed by atoms with Crippen LogP contribution in [-0.4, -0.2) is 0 Å². The van der Waals surface area contributed by atoms with Gasteiger partial charge in [-0.2, -0.15) is 0 Å². The fourth-order valence-corrected chi connectivity index (χ4v) is 6.70. The Morgan fingerprint density at radius 3 is 0.789 bits per heavy atom. The van der Waals surface area contributed by atoms with E-state index in [-0.39, 0.29) is 10.8 Å². The number of nitrogens with zero attached hydrogens (tertiary/aromatic N) is 2. The van der Waals surface area contributed by atoms with Crippen LogP contribution in [0.4, 0.5) is 34.1 Å². The molecule has 0 spiro atoms. The summed E-state index contributed by atoms with van der Waals surface area (Å²) in [5, 5.41) is 0. The molecular weight excluding hydrogens is 460 g/mol. The van der Waals surface area contributed by atoms with E-state index in [1.54, 1.807) is 0 Å². The fourth-order valence-electron chi connectivity index (χ4n) is 6.70. The molecule has 0 radical (unpaired) electrons. The number of fused-ring (bicyclic) bond motifs is 4. The first kappa shape index (κ1) is 22.9. The van der Waals surface area contributed by atoms with E-state index in [2.05, 4.69) is 159 Å². The molecule has 0 saturated carbocycles. The van der Waals surface area contributed by atoms with Crippen molar-refractivity contribution in [2.24, 2.45) is 0 Å². The second-order valence-corrected chi connectivity index (χ2v) is 11.5. The number of anilines is 6. The molecule has 0 bridgehead atoms. The van der Waals surface area contributed by atoms with Gasteiger partial charge in [-0.05, 0) is 58.7 Å². The summed E-state index contributed by atoms with van der Waals surface area (Å²) in [5.41, 5.74) is 12.5. The zero-order valence-electron chi connectivity index (χ0n) is 22.4. The van der Waals surface area contributed by atoms with Crippen LogP contribution in [0, 0.1) is 0 Å². The highest BCUT2D eigenvalue weighted by molar-refractivity contribution is 5.96. The summed E-state index contributed by atoms with van der Waals surface area (Å²) in [6, 6.07) is 44.4. The smallest absolute Gasteiger partial charge is 0.0702 e. The van der Waals surface area contributed by atoms with Crippen LogP contribution in [0.15, 0.2) is 121 Å². The fraction of sp³-hybridized carbons (Fsp3) is 0.167. The van der Waals surface area contributed by atoms with E-state index in [9.17, 15) is 0 Å². The summed E-state index contributed by atoms with van der Waals surface area (Å²) >= 11 is 0. The summed E-state index contributed by atoms with van der Waals surface area (Å²) in [4.78, 5) is 4.94. The summed E-state index contributed by atoms with van der Waals surface area (Å²) in [6.45, 7) is 9.36. The highest BCUT2D eigenvalue weighted by Crippen LogP contribution is 2.57. The van der Waals surface area contributed by atoms with Gasteiger partial charge >= 0.3 is 0 Å². The standard InChI is InChI=1S/C36H32N2/c1-35(2)25-15-5-9-19-29(25)37(30-20-10-6-16-26(30)35)33-23-13-14-24-34(33)38-31-21-11-7-17-27(31)36(3,4)28-18-8-12-22-32(28)38/h5-24H,1-4H3. The summed E-state index contributed by atoms with van der Waals surface area (Å²) in [7, 11) is 0. The molecule has 2 aliphatic heterocycles. The second kappa shape index (κ2) is 8.10. The van der Waals surface area contributed by atoms with Gasteiger partial charge in [-0.15, -0.1) is 0 Å². The molecule has 0 aromatic heterocycles. The van der Waals surface area contributed by atoms with Gasteiger partial charge in [0.15, 0.2) is 0 Å².